The molecule has 4 rings (SSSR count). The van der Waals surface area contributed by atoms with E-state index in [0.717, 1.165) is 23.2 Å². The molecule has 0 unspecified atom stereocenters. The summed E-state index contributed by atoms with van der Waals surface area (Å²) in [5.74, 6) is 0.934. The normalized spacial score (nSPS) is 12.6. The molecule has 0 aliphatic carbocycles. The van der Waals surface area contributed by atoms with Crippen molar-refractivity contribution >= 4 is 11.6 Å². The van der Waals surface area contributed by atoms with Gasteiger partial charge in [-0.3, -0.25) is 9.78 Å². The summed E-state index contributed by atoms with van der Waals surface area (Å²) in [6.07, 6.45) is 4.40. The Kier molecular flexibility index (Phi) is 4.50. The number of amides is 1. The highest BCUT2D eigenvalue weighted by molar-refractivity contribution is 6.09. The van der Waals surface area contributed by atoms with Crippen molar-refractivity contribution in [1.82, 2.24) is 4.98 Å². The van der Waals surface area contributed by atoms with Crippen LogP contribution in [-0.4, -0.2) is 31.7 Å². The number of carbonyl (C=O) groups is 1. The third kappa shape index (κ3) is 3.01. The molecule has 1 amide bonds. The summed E-state index contributed by atoms with van der Waals surface area (Å²) < 4.78 is 10.8. The van der Waals surface area contributed by atoms with Crippen LogP contribution in [-0.2, 0) is 6.42 Å². The maximum atomic E-state index is 13.2. The lowest BCUT2D eigenvalue weighted by molar-refractivity contribution is 0.0986. The lowest BCUT2D eigenvalue weighted by atomic mass is 10.0. The standard InChI is InChI=1S/C22H20N2O3/c1-26-20-5-3-4-18(21(20)27-2)22(25)24-13-10-17-14-16(6-7-19(17)24)15-8-11-23-12-9-15/h3-9,11-12,14H,10,13H2,1-2H3. The quantitative estimate of drug-likeness (QED) is 0.706. The van der Waals surface area contributed by atoms with Crippen LogP contribution in [0.15, 0.2) is 60.9 Å². The number of pyridine rings is 1. The third-order valence-electron chi connectivity index (χ3n) is 4.87. The van der Waals surface area contributed by atoms with Crippen molar-refractivity contribution in [2.75, 3.05) is 25.7 Å². The van der Waals surface area contributed by atoms with Crippen LogP contribution in [0.5, 0.6) is 11.5 Å². The second kappa shape index (κ2) is 7.11. The summed E-state index contributed by atoms with van der Waals surface area (Å²) in [5, 5.41) is 0. The zero-order chi connectivity index (χ0) is 18.8. The third-order valence-corrected chi connectivity index (χ3v) is 4.87. The topological polar surface area (TPSA) is 51.7 Å². The van der Waals surface area contributed by atoms with Crippen LogP contribution in [0, 0.1) is 0 Å². The van der Waals surface area contributed by atoms with Crippen molar-refractivity contribution in [3.8, 4) is 22.6 Å². The molecule has 1 aliphatic heterocycles. The predicted octanol–water partition coefficient (Wildman–Crippen LogP) is 3.97. The molecule has 136 valence electrons. The highest BCUT2D eigenvalue weighted by atomic mass is 16.5. The number of carbonyl (C=O) groups excluding carboxylic acids is 1. The number of rotatable bonds is 4. The van der Waals surface area contributed by atoms with Crippen molar-refractivity contribution in [1.29, 1.82) is 0 Å². The molecule has 3 aromatic rings. The molecule has 2 heterocycles. The second-order valence-electron chi connectivity index (χ2n) is 6.33. The van der Waals surface area contributed by atoms with Crippen molar-refractivity contribution < 1.29 is 14.3 Å². The first-order valence-corrected chi connectivity index (χ1v) is 8.79. The molecular formula is C22H20N2O3. The zero-order valence-corrected chi connectivity index (χ0v) is 15.3. The molecule has 5 nitrogen and oxygen atoms in total. The Balaban J connectivity index is 1.68. The van der Waals surface area contributed by atoms with Gasteiger partial charge in [-0.1, -0.05) is 12.1 Å². The number of anilines is 1. The van der Waals surface area contributed by atoms with Crippen molar-refractivity contribution in [2.24, 2.45) is 0 Å². The predicted molar refractivity (Wildman–Crippen MR) is 105 cm³/mol. The van der Waals surface area contributed by atoms with Crippen molar-refractivity contribution in [3.63, 3.8) is 0 Å². The van der Waals surface area contributed by atoms with Crippen LogP contribution in [0.3, 0.4) is 0 Å². The molecule has 0 N–H and O–H groups in total. The molecule has 0 fully saturated rings. The molecule has 1 aliphatic rings. The lowest BCUT2D eigenvalue weighted by Crippen LogP contribution is -2.29. The molecule has 1 aromatic heterocycles. The maximum absolute atomic E-state index is 13.2. The fourth-order valence-electron chi connectivity index (χ4n) is 3.54. The minimum absolute atomic E-state index is 0.0823. The number of nitrogens with zero attached hydrogens (tertiary/aromatic N) is 2. The van der Waals surface area contributed by atoms with Gasteiger partial charge in [-0.15, -0.1) is 0 Å². The van der Waals surface area contributed by atoms with Crippen LogP contribution in [0.4, 0.5) is 5.69 Å². The van der Waals surface area contributed by atoms with E-state index in [1.807, 2.05) is 29.2 Å². The van der Waals surface area contributed by atoms with Gasteiger partial charge in [0.25, 0.3) is 5.91 Å². The lowest BCUT2D eigenvalue weighted by Gasteiger charge is -2.20. The van der Waals surface area contributed by atoms with E-state index in [4.69, 9.17) is 9.47 Å². The van der Waals surface area contributed by atoms with Crippen LogP contribution in [0.25, 0.3) is 11.1 Å². The fraction of sp³-hybridized carbons (Fsp3) is 0.182. The number of hydrogen-bond acceptors (Lipinski definition) is 4. The van der Waals surface area contributed by atoms with Crippen LogP contribution >= 0.6 is 0 Å². The van der Waals surface area contributed by atoms with Gasteiger partial charge in [0.05, 0.1) is 19.8 Å². The summed E-state index contributed by atoms with van der Waals surface area (Å²) >= 11 is 0. The second-order valence-corrected chi connectivity index (χ2v) is 6.33. The Morgan fingerprint density at radius 3 is 2.56 bits per heavy atom. The summed E-state index contributed by atoms with van der Waals surface area (Å²) in [7, 11) is 3.12. The largest absolute Gasteiger partial charge is 0.493 e. The summed E-state index contributed by atoms with van der Waals surface area (Å²) in [5.41, 5.74) is 4.86. The molecule has 5 heteroatoms. The number of methoxy groups -OCH3 is 2. The number of benzene rings is 2. The number of para-hydroxylation sites is 1. The molecule has 2 aromatic carbocycles. The number of fused-ring (bicyclic) bond motifs is 1. The average molecular weight is 360 g/mol. The molecule has 0 saturated heterocycles. The van der Waals surface area contributed by atoms with E-state index >= 15 is 0 Å². The van der Waals surface area contributed by atoms with Gasteiger partial charge in [0.2, 0.25) is 0 Å². The molecule has 0 atom stereocenters. The van der Waals surface area contributed by atoms with Crippen LogP contribution in [0.2, 0.25) is 0 Å². The Morgan fingerprint density at radius 1 is 1.00 bits per heavy atom. The highest BCUT2D eigenvalue weighted by Crippen LogP contribution is 2.36. The van der Waals surface area contributed by atoms with E-state index < -0.39 is 0 Å². The van der Waals surface area contributed by atoms with Gasteiger partial charge >= 0.3 is 0 Å². The molecule has 0 radical (unpaired) electrons. The monoisotopic (exact) mass is 360 g/mol. The van der Waals surface area contributed by atoms with E-state index in [-0.39, 0.29) is 5.91 Å². The minimum Gasteiger partial charge on any atom is -0.493 e. The summed E-state index contributed by atoms with van der Waals surface area (Å²) in [4.78, 5) is 19.1. The number of hydrogen-bond donors (Lipinski definition) is 0. The van der Waals surface area contributed by atoms with E-state index in [1.165, 1.54) is 5.56 Å². The summed E-state index contributed by atoms with van der Waals surface area (Å²) in [6, 6.07) is 15.5. The van der Waals surface area contributed by atoms with Crippen LogP contribution in [0.1, 0.15) is 15.9 Å². The van der Waals surface area contributed by atoms with E-state index in [1.54, 1.807) is 44.8 Å². The number of aromatic nitrogens is 1. The molecule has 0 bridgehead atoms. The Hall–Kier alpha value is -3.34. The van der Waals surface area contributed by atoms with Crippen LogP contribution < -0.4 is 14.4 Å². The maximum Gasteiger partial charge on any atom is 0.262 e. The van der Waals surface area contributed by atoms with Gasteiger partial charge in [-0.25, -0.2) is 0 Å². The molecule has 27 heavy (non-hydrogen) atoms. The fourth-order valence-corrected chi connectivity index (χ4v) is 3.54. The first kappa shape index (κ1) is 17.1. The zero-order valence-electron chi connectivity index (χ0n) is 15.3. The smallest absolute Gasteiger partial charge is 0.262 e. The molecule has 0 spiro atoms. The Labute approximate surface area is 158 Å². The van der Waals surface area contributed by atoms with Gasteiger partial charge in [0, 0.05) is 24.6 Å². The summed E-state index contributed by atoms with van der Waals surface area (Å²) in [6.45, 7) is 0.647. The Morgan fingerprint density at radius 2 is 1.81 bits per heavy atom. The Bertz CT molecular complexity index is 986. The average Bonchev–Trinajstić information content (AvgIpc) is 3.16. The highest BCUT2D eigenvalue weighted by Gasteiger charge is 2.28. The van der Waals surface area contributed by atoms with E-state index in [0.29, 0.717) is 23.6 Å². The first-order valence-electron chi connectivity index (χ1n) is 8.79. The van der Waals surface area contributed by atoms with Crippen molar-refractivity contribution in [3.05, 3.63) is 72.1 Å². The van der Waals surface area contributed by atoms with Gasteiger partial charge in [0.1, 0.15) is 0 Å². The van der Waals surface area contributed by atoms with Gasteiger partial charge < -0.3 is 14.4 Å². The molecular weight excluding hydrogens is 340 g/mol. The first-order chi connectivity index (χ1) is 13.2. The van der Waals surface area contributed by atoms with Gasteiger partial charge in [-0.2, -0.15) is 0 Å². The number of ether oxygens (including phenoxy) is 2. The van der Waals surface area contributed by atoms with E-state index in [9.17, 15) is 4.79 Å². The van der Waals surface area contributed by atoms with Gasteiger partial charge in [0.15, 0.2) is 11.5 Å². The van der Waals surface area contributed by atoms with Crippen molar-refractivity contribution in [2.45, 2.75) is 6.42 Å². The van der Waals surface area contributed by atoms with Gasteiger partial charge in [-0.05, 0) is 59.5 Å². The minimum atomic E-state index is -0.0823. The molecule has 0 saturated carbocycles. The SMILES string of the molecule is COc1cccc(C(=O)N2CCc3cc(-c4ccncc4)ccc32)c1OC. The van der Waals surface area contributed by atoms with E-state index in [2.05, 4.69) is 11.1 Å².